The second-order valence-electron chi connectivity index (χ2n) is 7.79. The third kappa shape index (κ3) is 3.89. The van der Waals surface area contributed by atoms with Crippen molar-refractivity contribution in [1.29, 1.82) is 0 Å². The molecule has 1 fully saturated rings. The molecule has 3 aromatic rings. The molecule has 4 nitrogen and oxygen atoms in total. The molecule has 1 aliphatic heterocycles. The van der Waals surface area contributed by atoms with Crippen molar-refractivity contribution >= 4 is 0 Å². The van der Waals surface area contributed by atoms with Gasteiger partial charge >= 0.3 is 0 Å². The van der Waals surface area contributed by atoms with Crippen LogP contribution >= 0.6 is 0 Å². The lowest BCUT2D eigenvalue weighted by Crippen LogP contribution is -2.60. The number of unbranched alkanes of at least 4 members (excludes halogenated alkanes) is 1. The molecule has 0 bridgehead atoms. The Labute approximate surface area is 168 Å². The van der Waals surface area contributed by atoms with Gasteiger partial charge in [0.15, 0.2) is 0 Å². The summed E-state index contributed by atoms with van der Waals surface area (Å²) < 4.78 is 2.03. The molecule has 0 N–H and O–H groups in total. The van der Waals surface area contributed by atoms with Gasteiger partial charge in [-0.15, -0.1) is 0 Å². The number of aryl methyl sites for hydroxylation is 1. The maximum absolute atomic E-state index is 4.33. The highest BCUT2D eigenvalue weighted by molar-refractivity contribution is 5.40. The third-order valence-corrected chi connectivity index (χ3v) is 5.92. The minimum atomic E-state index is -0.0960. The minimum Gasteiger partial charge on any atom is -0.303 e. The van der Waals surface area contributed by atoms with Crippen molar-refractivity contribution in [2.45, 2.75) is 24.9 Å². The molecule has 2 aromatic carbocycles. The van der Waals surface area contributed by atoms with Crippen LogP contribution in [0, 0.1) is 0 Å². The Morgan fingerprint density at radius 2 is 1.46 bits per heavy atom. The van der Waals surface area contributed by atoms with E-state index in [2.05, 4.69) is 82.6 Å². The Balaban J connectivity index is 1.60. The third-order valence-electron chi connectivity index (χ3n) is 5.92. The first-order valence-electron chi connectivity index (χ1n) is 10.3. The molecule has 0 amide bonds. The van der Waals surface area contributed by atoms with Crippen LogP contribution in [0.3, 0.4) is 0 Å². The molecule has 28 heavy (non-hydrogen) atoms. The van der Waals surface area contributed by atoms with Gasteiger partial charge in [0.1, 0.15) is 0 Å². The molecule has 0 unspecified atom stereocenters. The van der Waals surface area contributed by atoms with E-state index in [1.54, 1.807) is 0 Å². The Bertz CT molecular complexity index is 790. The predicted molar refractivity (Wildman–Crippen MR) is 114 cm³/mol. The van der Waals surface area contributed by atoms with Crippen molar-refractivity contribution in [1.82, 2.24) is 19.6 Å². The Morgan fingerprint density at radius 1 is 0.821 bits per heavy atom. The molecule has 1 aliphatic rings. The van der Waals surface area contributed by atoms with Crippen LogP contribution in [0.25, 0.3) is 0 Å². The minimum absolute atomic E-state index is 0.0960. The van der Waals surface area contributed by atoms with Crippen LogP contribution in [0.1, 0.15) is 24.0 Å². The molecule has 0 spiro atoms. The molecule has 1 saturated heterocycles. The molecule has 4 rings (SSSR count). The molecular formula is C24H30N4. The number of aromatic nitrogens is 2. The van der Waals surface area contributed by atoms with E-state index >= 15 is 0 Å². The molecule has 4 heteroatoms. The van der Waals surface area contributed by atoms with Gasteiger partial charge in [-0.05, 0) is 43.6 Å². The summed E-state index contributed by atoms with van der Waals surface area (Å²) in [5.74, 6) is 0. The van der Waals surface area contributed by atoms with Crippen molar-refractivity contribution in [3.63, 3.8) is 0 Å². The highest BCUT2D eigenvalue weighted by Gasteiger charge is 2.43. The molecule has 1 aromatic heterocycles. The fourth-order valence-electron chi connectivity index (χ4n) is 4.51. The number of likely N-dealkylation sites (N-methyl/N-ethyl adjacent to an activating group) is 1. The topological polar surface area (TPSA) is 24.3 Å². The van der Waals surface area contributed by atoms with Crippen molar-refractivity contribution in [2.75, 3.05) is 33.2 Å². The Kier molecular flexibility index (Phi) is 5.89. The normalized spacial score (nSPS) is 17.6. The first-order chi connectivity index (χ1) is 13.8. The first kappa shape index (κ1) is 18.9. The molecule has 0 saturated carbocycles. The second kappa shape index (κ2) is 8.72. The van der Waals surface area contributed by atoms with E-state index in [0.29, 0.717) is 0 Å². The number of piperazine rings is 1. The maximum Gasteiger partial charge on any atom is 0.0845 e. The van der Waals surface area contributed by atoms with Crippen LogP contribution in [0.2, 0.25) is 0 Å². The zero-order valence-electron chi connectivity index (χ0n) is 16.7. The first-order valence-corrected chi connectivity index (χ1v) is 10.3. The summed E-state index contributed by atoms with van der Waals surface area (Å²) in [5.41, 5.74) is 2.68. The van der Waals surface area contributed by atoms with Gasteiger partial charge in [-0.1, -0.05) is 60.7 Å². The van der Waals surface area contributed by atoms with Crippen LogP contribution < -0.4 is 0 Å². The summed E-state index contributed by atoms with van der Waals surface area (Å²) in [7, 11) is 2.25. The van der Waals surface area contributed by atoms with E-state index < -0.39 is 0 Å². The standard InChI is InChI=1S/C24H30N4/c1-26-19-20-27(16-8-9-17-28-18-10-15-25-28)24(21-26,22-11-4-2-5-12-22)23-13-6-3-7-14-23/h2-7,10-15,18H,8-9,16-17,19-21H2,1H3. The number of benzene rings is 2. The summed E-state index contributed by atoms with van der Waals surface area (Å²) >= 11 is 0. The highest BCUT2D eigenvalue weighted by atomic mass is 15.3. The van der Waals surface area contributed by atoms with Crippen LogP contribution in [-0.2, 0) is 12.1 Å². The molecular weight excluding hydrogens is 344 g/mol. The van der Waals surface area contributed by atoms with Gasteiger partial charge in [-0.3, -0.25) is 9.58 Å². The van der Waals surface area contributed by atoms with Gasteiger partial charge in [0.05, 0.1) is 5.54 Å². The fourth-order valence-corrected chi connectivity index (χ4v) is 4.51. The lowest BCUT2D eigenvalue weighted by molar-refractivity contribution is 0.0298. The van der Waals surface area contributed by atoms with E-state index in [-0.39, 0.29) is 5.54 Å². The summed E-state index contributed by atoms with van der Waals surface area (Å²) in [6.07, 6.45) is 6.23. The quantitative estimate of drug-likeness (QED) is 0.587. The summed E-state index contributed by atoms with van der Waals surface area (Å²) in [5, 5.41) is 4.33. The molecule has 0 atom stereocenters. The molecule has 146 valence electrons. The van der Waals surface area contributed by atoms with Crippen LogP contribution in [0.5, 0.6) is 0 Å². The van der Waals surface area contributed by atoms with E-state index in [1.807, 2.05) is 23.1 Å². The van der Waals surface area contributed by atoms with Crippen molar-refractivity contribution in [3.8, 4) is 0 Å². The average molecular weight is 375 g/mol. The van der Waals surface area contributed by atoms with Gasteiger partial charge in [0, 0.05) is 38.6 Å². The van der Waals surface area contributed by atoms with Crippen molar-refractivity contribution < 1.29 is 0 Å². The summed E-state index contributed by atoms with van der Waals surface area (Å²) in [6, 6.07) is 24.1. The maximum atomic E-state index is 4.33. The van der Waals surface area contributed by atoms with E-state index in [4.69, 9.17) is 0 Å². The number of nitrogens with zero attached hydrogens (tertiary/aromatic N) is 4. The molecule has 0 radical (unpaired) electrons. The second-order valence-corrected chi connectivity index (χ2v) is 7.79. The van der Waals surface area contributed by atoms with E-state index in [9.17, 15) is 0 Å². The zero-order chi connectivity index (χ0) is 19.2. The zero-order valence-corrected chi connectivity index (χ0v) is 16.7. The van der Waals surface area contributed by atoms with Crippen molar-refractivity contribution in [2.24, 2.45) is 0 Å². The lowest BCUT2D eigenvalue weighted by atomic mass is 9.79. The number of rotatable bonds is 7. The SMILES string of the molecule is CN1CCN(CCCCn2cccn2)C(c2ccccc2)(c2ccccc2)C1. The van der Waals surface area contributed by atoms with E-state index in [1.165, 1.54) is 17.5 Å². The van der Waals surface area contributed by atoms with Gasteiger partial charge in [0.25, 0.3) is 0 Å². The van der Waals surface area contributed by atoms with Gasteiger partial charge < -0.3 is 4.90 Å². The van der Waals surface area contributed by atoms with Crippen molar-refractivity contribution in [3.05, 3.63) is 90.3 Å². The average Bonchev–Trinajstić information content (AvgIpc) is 3.27. The Hall–Kier alpha value is -2.43. The summed E-state index contributed by atoms with van der Waals surface area (Å²) in [6.45, 7) is 5.30. The van der Waals surface area contributed by atoms with Crippen LogP contribution in [-0.4, -0.2) is 52.8 Å². The highest BCUT2D eigenvalue weighted by Crippen LogP contribution is 2.39. The molecule has 2 heterocycles. The van der Waals surface area contributed by atoms with E-state index in [0.717, 1.165) is 39.1 Å². The van der Waals surface area contributed by atoms with Gasteiger partial charge in [0.2, 0.25) is 0 Å². The monoisotopic (exact) mass is 374 g/mol. The summed E-state index contributed by atoms with van der Waals surface area (Å²) in [4.78, 5) is 5.18. The predicted octanol–water partition coefficient (Wildman–Crippen LogP) is 3.85. The Morgan fingerprint density at radius 3 is 2.07 bits per heavy atom. The van der Waals surface area contributed by atoms with Gasteiger partial charge in [-0.25, -0.2) is 0 Å². The van der Waals surface area contributed by atoms with Crippen LogP contribution in [0.4, 0.5) is 0 Å². The van der Waals surface area contributed by atoms with Crippen LogP contribution in [0.15, 0.2) is 79.1 Å². The lowest BCUT2D eigenvalue weighted by Gasteiger charge is -2.51. The van der Waals surface area contributed by atoms with Gasteiger partial charge in [-0.2, -0.15) is 5.10 Å². The smallest absolute Gasteiger partial charge is 0.0845 e. The fraction of sp³-hybridized carbons (Fsp3) is 0.375. The molecule has 0 aliphatic carbocycles. The largest absolute Gasteiger partial charge is 0.303 e. The number of hydrogen-bond donors (Lipinski definition) is 0. The number of hydrogen-bond acceptors (Lipinski definition) is 3.